The van der Waals surface area contributed by atoms with Crippen LogP contribution in [-0.4, -0.2) is 26.4 Å². The Balaban J connectivity index is 0. The fourth-order valence-corrected chi connectivity index (χ4v) is 0.466. The molecule has 0 amide bonds. The molecule has 0 aliphatic rings. The smallest absolute Gasteiger partial charge is 0.411 e. The molecule has 3 heteroatoms. The standard InChI is InChI=1S/C7H15O2.Y/c1-3-5-9-7-6-8-4-2;/h2-7H2,1H3;/q-1;+3. The van der Waals surface area contributed by atoms with E-state index in [1.807, 2.05) is 0 Å². The van der Waals surface area contributed by atoms with Crippen LogP contribution < -0.4 is 0 Å². The second-order valence-electron chi connectivity index (χ2n) is 1.72. The molecule has 0 aromatic rings. The Bertz CT molecular complexity index is 44.9. The van der Waals surface area contributed by atoms with Crippen molar-refractivity contribution in [3.8, 4) is 0 Å². The Kier molecular flexibility index (Phi) is 17.2. The average Bonchev–Trinajstić information content (AvgIpc) is 1.89. The van der Waals surface area contributed by atoms with Gasteiger partial charge < -0.3 is 16.4 Å². The zero-order valence-electron chi connectivity index (χ0n) is 6.64. The summed E-state index contributed by atoms with van der Waals surface area (Å²) in [6.07, 6.45) is 1.07. The third-order valence-corrected chi connectivity index (χ3v) is 0.865. The van der Waals surface area contributed by atoms with Gasteiger partial charge in [0.15, 0.2) is 0 Å². The molecule has 2 nitrogen and oxygen atoms in total. The van der Waals surface area contributed by atoms with E-state index in [9.17, 15) is 0 Å². The predicted molar refractivity (Wildman–Crippen MR) is 37.3 cm³/mol. The molecule has 10 heavy (non-hydrogen) atoms. The second kappa shape index (κ2) is 12.7. The largest absolute Gasteiger partial charge is 3.00 e. The molecule has 0 saturated carbocycles. The number of rotatable bonds is 6. The Morgan fingerprint density at radius 3 is 2.20 bits per heavy atom. The number of ether oxygens (including phenoxy) is 2. The van der Waals surface area contributed by atoms with E-state index in [1.54, 1.807) is 0 Å². The van der Waals surface area contributed by atoms with Gasteiger partial charge in [0.05, 0.1) is 13.2 Å². The van der Waals surface area contributed by atoms with Crippen LogP contribution in [0.15, 0.2) is 0 Å². The average molecular weight is 220 g/mol. The van der Waals surface area contributed by atoms with Gasteiger partial charge in [-0.15, -0.1) is 0 Å². The van der Waals surface area contributed by atoms with Crippen molar-refractivity contribution < 1.29 is 42.2 Å². The normalized spacial score (nSPS) is 9.00. The van der Waals surface area contributed by atoms with E-state index in [4.69, 9.17) is 9.47 Å². The maximum Gasteiger partial charge on any atom is 3.00 e. The molecule has 0 rings (SSSR count). The van der Waals surface area contributed by atoms with Crippen molar-refractivity contribution in [1.29, 1.82) is 0 Å². The van der Waals surface area contributed by atoms with Gasteiger partial charge in [0.25, 0.3) is 0 Å². The summed E-state index contributed by atoms with van der Waals surface area (Å²) in [6, 6.07) is 0. The van der Waals surface area contributed by atoms with Gasteiger partial charge in [0.1, 0.15) is 0 Å². The van der Waals surface area contributed by atoms with Gasteiger partial charge in [-0.2, -0.15) is 0 Å². The minimum atomic E-state index is 0. The summed E-state index contributed by atoms with van der Waals surface area (Å²) in [7, 11) is 0. The van der Waals surface area contributed by atoms with E-state index in [-0.39, 0.29) is 32.7 Å². The Morgan fingerprint density at radius 2 is 1.70 bits per heavy atom. The van der Waals surface area contributed by atoms with Gasteiger partial charge in [-0.1, -0.05) is 13.5 Å². The van der Waals surface area contributed by atoms with Crippen molar-refractivity contribution in [1.82, 2.24) is 0 Å². The van der Waals surface area contributed by atoms with Crippen molar-refractivity contribution in [2.24, 2.45) is 0 Å². The third kappa shape index (κ3) is 11.8. The Hall–Kier alpha value is 1.02. The molecule has 0 aliphatic heterocycles. The van der Waals surface area contributed by atoms with Crippen molar-refractivity contribution in [3.05, 3.63) is 6.92 Å². The van der Waals surface area contributed by atoms with Gasteiger partial charge in [-0.3, -0.25) is 0 Å². The van der Waals surface area contributed by atoms with Gasteiger partial charge in [-0.05, 0) is 6.42 Å². The van der Waals surface area contributed by atoms with Crippen LogP contribution in [0.2, 0.25) is 0 Å². The van der Waals surface area contributed by atoms with Crippen LogP contribution in [0.25, 0.3) is 0 Å². The molecule has 0 spiro atoms. The van der Waals surface area contributed by atoms with E-state index in [0.717, 1.165) is 13.0 Å². The summed E-state index contributed by atoms with van der Waals surface area (Å²) in [5.74, 6) is 0. The van der Waals surface area contributed by atoms with Crippen LogP contribution in [0.4, 0.5) is 0 Å². The van der Waals surface area contributed by atoms with Crippen LogP contribution >= 0.6 is 0 Å². The zero-order chi connectivity index (χ0) is 6.95. The summed E-state index contributed by atoms with van der Waals surface area (Å²) in [6.45, 7) is 8.35. The van der Waals surface area contributed by atoms with Gasteiger partial charge in [-0.25, -0.2) is 0 Å². The van der Waals surface area contributed by atoms with Crippen molar-refractivity contribution >= 4 is 0 Å². The molecule has 0 atom stereocenters. The van der Waals surface area contributed by atoms with Crippen LogP contribution in [0.5, 0.6) is 0 Å². The second-order valence-corrected chi connectivity index (χ2v) is 1.72. The Labute approximate surface area is 88.5 Å². The first-order chi connectivity index (χ1) is 4.41. The summed E-state index contributed by atoms with van der Waals surface area (Å²) >= 11 is 0. The molecule has 0 unspecified atom stereocenters. The monoisotopic (exact) mass is 220 g/mol. The SMILES string of the molecule is [CH2-]COCCOCCC.[Y+3]. The molecule has 56 valence electrons. The van der Waals surface area contributed by atoms with E-state index >= 15 is 0 Å². The predicted octanol–water partition coefficient (Wildman–Crippen LogP) is 1.26. The van der Waals surface area contributed by atoms with Crippen LogP contribution in [0.3, 0.4) is 0 Å². The van der Waals surface area contributed by atoms with Gasteiger partial charge >= 0.3 is 32.7 Å². The summed E-state index contributed by atoms with van der Waals surface area (Å²) in [5.41, 5.74) is 0. The fourth-order valence-electron chi connectivity index (χ4n) is 0.466. The summed E-state index contributed by atoms with van der Waals surface area (Å²) in [4.78, 5) is 0. The number of hydrogen-bond acceptors (Lipinski definition) is 2. The Morgan fingerprint density at radius 1 is 1.10 bits per heavy atom. The minimum absolute atomic E-state index is 0. The quantitative estimate of drug-likeness (QED) is 0.495. The molecule has 0 N–H and O–H groups in total. The van der Waals surface area contributed by atoms with Gasteiger partial charge in [0.2, 0.25) is 0 Å². The topological polar surface area (TPSA) is 18.5 Å². The van der Waals surface area contributed by atoms with E-state index in [1.165, 1.54) is 0 Å². The fraction of sp³-hybridized carbons (Fsp3) is 0.857. The van der Waals surface area contributed by atoms with Crippen molar-refractivity contribution in [2.75, 3.05) is 26.4 Å². The van der Waals surface area contributed by atoms with Gasteiger partial charge in [0, 0.05) is 6.61 Å². The first kappa shape index (κ1) is 13.6. The van der Waals surface area contributed by atoms with Crippen LogP contribution in [0, 0.1) is 6.92 Å². The van der Waals surface area contributed by atoms with E-state index in [0.29, 0.717) is 19.8 Å². The van der Waals surface area contributed by atoms with E-state index in [2.05, 4.69) is 13.8 Å². The molecule has 0 bridgehead atoms. The summed E-state index contributed by atoms with van der Waals surface area (Å²) < 4.78 is 10.1. The van der Waals surface area contributed by atoms with Crippen LogP contribution in [0.1, 0.15) is 13.3 Å². The zero-order valence-corrected chi connectivity index (χ0v) is 9.47. The van der Waals surface area contributed by atoms with Crippen molar-refractivity contribution in [2.45, 2.75) is 13.3 Å². The molecule has 0 aliphatic carbocycles. The molecule has 0 radical (unpaired) electrons. The molecule has 0 saturated heterocycles. The first-order valence-corrected chi connectivity index (χ1v) is 3.36. The minimum Gasteiger partial charge on any atom is -0.411 e. The summed E-state index contributed by atoms with van der Waals surface area (Å²) in [5, 5.41) is 0. The molecule has 0 heterocycles. The molecule has 0 aromatic heterocycles. The van der Waals surface area contributed by atoms with Crippen LogP contribution in [-0.2, 0) is 42.2 Å². The number of hydrogen-bond donors (Lipinski definition) is 0. The maximum absolute atomic E-state index is 5.13. The maximum atomic E-state index is 5.13. The first-order valence-electron chi connectivity index (χ1n) is 3.36. The third-order valence-electron chi connectivity index (χ3n) is 0.865. The molecule has 0 fully saturated rings. The molecular formula is C7H15O2Y+2. The van der Waals surface area contributed by atoms with E-state index < -0.39 is 0 Å². The van der Waals surface area contributed by atoms with Crippen molar-refractivity contribution in [3.63, 3.8) is 0 Å². The molecular weight excluding hydrogens is 205 g/mol. The molecule has 0 aromatic carbocycles.